The molecule has 0 spiro atoms. The number of nitrogens with one attached hydrogen (secondary N) is 1. The summed E-state index contributed by atoms with van der Waals surface area (Å²) in [5.41, 5.74) is 0.630. The largest absolute Gasteiger partial charge is 0.352 e. The Bertz CT molecular complexity index is 628. The summed E-state index contributed by atoms with van der Waals surface area (Å²) in [6, 6.07) is 8.76. The zero-order chi connectivity index (χ0) is 19.1. The van der Waals surface area contributed by atoms with Crippen molar-refractivity contribution >= 4 is 17.6 Å². The molecule has 6 nitrogen and oxygen atoms in total. The number of hydrogen-bond acceptors (Lipinski definition) is 4. The minimum atomic E-state index is -0.189. The number of benzene rings is 1. The molecular formula is C20H29N3O3. The lowest BCUT2D eigenvalue weighted by molar-refractivity contribution is -0.135. The third kappa shape index (κ3) is 5.14. The van der Waals surface area contributed by atoms with Gasteiger partial charge in [-0.25, -0.2) is 0 Å². The molecule has 142 valence electrons. The topological polar surface area (TPSA) is 69.7 Å². The van der Waals surface area contributed by atoms with Gasteiger partial charge >= 0.3 is 0 Å². The molecule has 1 aliphatic heterocycles. The van der Waals surface area contributed by atoms with Gasteiger partial charge in [0.1, 0.15) is 0 Å². The van der Waals surface area contributed by atoms with Crippen LogP contribution < -0.4 is 5.32 Å². The van der Waals surface area contributed by atoms with Crippen molar-refractivity contribution in [1.29, 1.82) is 0 Å². The fourth-order valence-corrected chi connectivity index (χ4v) is 3.43. The van der Waals surface area contributed by atoms with Crippen LogP contribution >= 0.6 is 0 Å². The van der Waals surface area contributed by atoms with Crippen LogP contribution in [0.25, 0.3) is 0 Å². The third-order valence-electron chi connectivity index (χ3n) is 4.95. The first-order valence-corrected chi connectivity index (χ1v) is 9.32. The number of nitrogens with zero attached hydrogens (tertiary/aromatic N) is 2. The molecule has 0 saturated carbocycles. The molecule has 1 N–H and O–H groups in total. The van der Waals surface area contributed by atoms with E-state index in [1.807, 2.05) is 48.9 Å². The number of carbonyl (C=O) groups is 3. The second-order valence-electron chi connectivity index (χ2n) is 6.76. The molecule has 2 rings (SSSR count). The van der Waals surface area contributed by atoms with Crippen molar-refractivity contribution in [3.05, 3.63) is 35.9 Å². The first-order valence-electron chi connectivity index (χ1n) is 9.32. The highest BCUT2D eigenvalue weighted by molar-refractivity contribution is 5.97. The molecule has 1 saturated heterocycles. The van der Waals surface area contributed by atoms with Crippen molar-refractivity contribution in [1.82, 2.24) is 15.1 Å². The molecule has 1 fully saturated rings. The van der Waals surface area contributed by atoms with Gasteiger partial charge in [-0.2, -0.15) is 0 Å². The van der Waals surface area contributed by atoms with Crippen LogP contribution in [0.1, 0.15) is 43.5 Å². The van der Waals surface area contributed by atoms with Crippen molar-refractivity contribution in [3.63, 3.8) is 0 Å². The minimum Gasteiger partial charge on any atom is -0.352 e. The van der Waals surface area contributed by atoms with Gasteiger partial charge in [0.25, 0.3) is 0 Å². The van der Waals surface area contributed by atoms with Crippen LogP contribution in [0.3, 0.4) is 0 Å². The van der Waals surface area contributed by atoms with Crippen LogP contribution in [0, 0.1) is 0 Å². The Labute approximate surface area is 155 Å². The third-order valence-corrected chi connectivity index (χ3v) is 4.95. The number of hydrogen-bond donors (Lipinski definition) is 1. The zero-order valence-corrected chi connectivity index (χ0v) is 15.9. The van der Waals surface area contributed by atoms with E-state index >= 15 is 0 Å². The van der Waals surface area contributed by atoms with Gasteiger partial charge in [-0.05, 0) is 27.3 Å². The lowest BCUT2D eigenvalue weighted by atomic mass is 10.1. The van der Waals surface area contributed by atoms with Crippen LogP contribution in [0.2, 0.25) is 0 Å². The Kier molecular flexibility index (Phi) is 7.33. The van der Waals surface area contributed by atoms with Gasteiger partial charge in [0, 0.05) is 44.1 Å². The molecule has 1 heterocycles. The molecule has 1 aromatic carbocycles. The number of amides is 2. The summed E-state index contributed by atoms with van der Waals surface area (Å²) >= 11 is 0. The van der Waals surface area contributed by atoms with Crippen LogP contribution in [-0.4, -0.2) is 66.2 Å². The van der Waals surface area contributed by atoms with Gasteiger partial charge in [-0.3, -0.25) is 19.3 Å². The predicted molar refractivity (Wildman–Crippen MR) is 101 cm³/mol. The van der Waals surface area contributed by atoms with E-state index in [9.17, 15) is 14.4 Å². The number of rotatable bonds is 8. The molecule has 0 aromatic heterocycles. The van der Waals surface area contributed by atoms with Gasteiger partial charge in [0.2, 0.25) is 11.8 Å². The summed E-state index contributed by atoms with van der Waals surface area (Å²) in [5, 5.41) is 2.97. The summed E-state index contributed by atoms with van der Waals surface area (Å²) in [6.45, 7) is 5.98. The first-order chi connectivity index (χ1) is 12.5. The van der Waals surface area contributed by atoms with Crippen molar-refractivity contribution in [2.45, 2.75) is 45.2 Å². The lowest BCUT2D eigenvalue weighted by Gasteiger charge is -2.26. The molecule has 6 heteroatoms. The highest BCUT2D eigenvalue weighted by Gasteiger charge is 2.36. The highest BCUT2D eigenvalue weighted by Crippen LogP contribution is 2.18. The van der Waals surface area contributed by atoms with Gasteiger partial charge in [0.05, 0.1) is 6.04 Å². The van der Waals surface area contributed by atoms with E-state index in [1.165, 1.54) is 0 Å². The monoisotopic (exact) mass is 359 g/mol. The summed E-state index contributed by atoms with van der Waals surface area (Å²) in [6.07, 6.45) is 0.979. The second-order valence-corrected chi connectivity index (χ2v) is 6.76. The molecule has 0 bridgehead atoms. The number of likely N-dealkylation sites (N-methyl/N-ethyl adjacent to an activating group) is 2. The van der Waals surface area contributed by atoms with Crippen molar-refractivity contribution in [2.24, 2.45) is 0 Å². The maximum absolute atomic E-state index is 12.5. The van der Waals surface area contributed by atoms with Crippen LogP contribution in [0.15, 0.2) is 30.3 Å². The predicted octanol–water partition coefficient (Wildman–Crippen LogP) is 1.71. The van der Waals surface area contributed by atoms with E-state index in [2.05, 4.69) is 5.32 Å². The minimum absolute atomic E-state index is 0.0288. The zero-order valence-electron chi connectivity index (χ0n) is 15.9. The molecular weight excluding hydrogens is 330 g/mol. The summed E-state index contributed by atoms with van der Waals surface area (Å²) in [5.74, 6) is -0.0454. The van der Waals surface area contributed by atoms with E-state index in [-0.39, 0.29) is 42.5 Å². The molecule has 0 aliphatic carbocycles. The SMILES string of the molecule is CCN(CC)C(=O)[C@@H]1C[C@@H](NC(=O)CCC(=O)c2ccccc2)CN1C. The van der Waals surface area contributed by atoms with Gasteiger partial charge in [0.15, 0.2) is 5.78 Å². The van der Waals surface area contributed by atoms with Gasteiger partial charge < -0.3 is 10.2 Å². The summed E-state index contributed by atoms with van der Waals surface area (Å²) in [4.78, 5) is 40.6. The average molecular weight is 359 g/mol. The molecule has 1 aliphatic rings. The number of likely N-dealkylation sites (tertiary alicyclic amines) is 1. The molecule has 0 radical (unpaired) electrons. The molecule has 0 unspecified atom stereocenters. The Balaban J connectivity index is 1.81. The fraction of sp³-hybridized carbons (Fsp3) is 0.550. The normalized spacial score (nSPS) is 20.0. The quantitative estimate of drug-likeness (QED) is 0.718. The smallest absolute Gasteiger partial charge is 0.239 e. The molecule has 1 aromatic rings. The number of ketones is 1. The second kappa shape index (κ2) is 9.48. The molecule has 26 heavy (non-hydrogen) atoms. The van der Waals surface area contributed by atoms with E-state index in [4.69, 9.17) is 0 Å². The Hall–Kier alpha value is -2.21. The summed E-state index contributed by atoms with van der Waals surface area (Å²) < 4.78 is 0. The maximum Gasteiger partial charge on any atom is 0.239 e. The van der Waals surface area contributed by atoms with E-state index in [0.29, 0.717) is 31.6 Å². The van der Waals surface area contributed by atoms with Crippen LogP contribution in [-0.2, 0) is 9.59 Å². The Morgan fingerprint density at radius 1 is 1.12 bits per heavy atom. The van der Waals surface area contributed by atoms with E-state index in [1.54, 1.807) is 12.1 Å². The van der Waals surface area contributed by atoms with Crippen molar-refractivity contribution in [3.8, 4) is 0 Å². The summed E-state index contributed by atoms with van der Waals surface area (Å²) in [7, 11) is 1.91. The lowest BCUT2D eigenvalue weighted by Crippen LogP contribution is -2.44. The average Bonchev–Trinajstić information content (AvgIpc) is 3.01. The first kappa shape index (κ1) is 20.1. The van der Waals surface area contributed by atoms with Crippen LogP contribution in [0.4, 0.5) is 0 Å². The number of Topliss-reactive ketones (excluding diaryl/α,β-unsaturated/α-hetero) is 1. The standard InChI is InChI=1S/C20H29N3O3/c1-4-23(5-2)20(26)17-13-16(14-22(17)3)21-19(25)12-11-18(24)15-9-7-6-8-10-15/h6-10,16-17H,4-5,11-14H2,1-3H3,(H,21,25)/t16-,17+/m1/s1. The van der Waals surface area contributed by atoms with Gasteiger partial charge in [-0.1, -0.05) is 30.3 Å². The number of carbonyl (C=O) groups excluding carboxylic acids is 3. The van der Waals surface area contributed by atoms with Crippen molar-refractivity contribution in [2.75, 3.05) is 26.7 Å². The maximum atomic E-state index is 12.5. The van der Waals surface area contributed by atoms with E-state index in [0.717, 1.165) is 0 Å². The highest BCUT2D eigenvalue weighted by atomic mass is 16.2. The van der Waals surface area contributed by atoms with Crippen molar-refractivity contribution < 1.29 is 14.4 Å². The Morgan fingerprint density at radius 2 is 1.77 bits per heavy atom. The molecule has 2 amide bonds. The van der Waals surface area contributed by atoms with Crippen LogP contribution in [0.5, 0.6) is 0 Å². The van der Waals surface area contributed by atoms with E-state index < -0.39 is 0 Å². The fourth-order valence-electron chi connectivity index (χ4n) is 3.43. The van der Waals surface area contributed by atoms with Gasteiger partial charge in [-0.15, -0.1) is 0 Å². The Morgan fingerprint density at radius 3 is 2.38 bits per heavy atom. The molecule has 2 atom stereocenters.